The molecule has 0 saturated heterocycles. The first kappa shape index (κ1) is 33.4. The van der Waals surface area contributed by atoms with Gasteiger partial charge in [0.25, 0.3) is 0 Å². The van der Waals surface area contributed by atoms with E-state index in [0.29, 0.717) is 30.5 Å². The molecule has 0 aliphatic carbocycles. The maximum Gasteiger partial charge on any atom is 0.206 e. The Morgan fingerprint density at radius 3 is 1.64 bits per heavy atom. The molecule has 0 unspecified atom stereocenters. The molecule has 0 aliphatic heterocycles. The topological polar surface area (TPSA) is 71.1 Å². The largest absolute Gasteiger partial charge is 0.497 e. The second-order valence-electron chi connectivity index (χ2n) is 11.1. The maximum absolute atomic E-state index is 13.0. The number of methoxy groups -OCH3 is 1. The Hall–Kier alpha value is -4.49. The monoisotopic (exact) mass is 626 g/mol. The summed E-state index contributed by atoms with van der Waals surface area (Å²) in [6, 6.07) is 29.0. The molecule has 0 bridgehead atoms. The number of allylic oxidation sites excluding steroid dienone is 2. The third-order valence-electron chi connectivity index (χ3n) is 7.70. The predicted octanol–water partition coefficient (Wildman–Crippen LogP) is 9.30. The van der Waals surface area contributed by atoms with Gasteiger partial charge in [0.1, 0.15) is 28.8 Å². The first-order chi connectivity index (χ1) is 21.7. The molecular weight excluding hydrogens is 584 g/mol. The van der Waals surface area contributed by atoms with Gasteiger partial charge in [0, 0.05) is 5.41 Å². The predicted molar refractivity (Wildman–Crippen MR) is 179 cm³/mol. The Morgan fingerprint density at radius 1 is 0.689 bits per heavy atom. The normalized spacial score (nSPS) is 12.0. The van der Waals surface area contributed by atoms with Gasteiger partial charge >= 0.3 is 0 Å². The summed E-state index contributed by atoms with van der Waals surface area (Å²) < 4.78 is 48.7. The van der Waals surface area contributed by atoms with Gasteiger partial charge in [0.05, 0.1) is 30.1 Å². The van der Waals surface area contributed by atoms with Gasteiger partial charge in [0.2, 0.25) is 9.84 Å². The Labute approximate surface area is 267 Å². The van der Waals surface area contributed by atoms with E-state index >= 15 is 0 Å². The van der Waals surface area contributed by atoms with Gasteiger partial charge in [-0.05, 0) is 122 Å². The number of rotatable bonds is 16. The Kier molecular flexibility index (Phi) is 11.5. The summed E-state index contributed by atoms with van der Waals surface area (Å²) in [5.41, 5.74) is 2.09. The van der Waals surface area contributed by atoms with E-state index in [-0.39, 0.29) is 15.2 Å². The smallest absolute Gasteiger partial charge is 0.206 e. The lowest BCUT2D eigenvalue weighted by atomic mass is 9.78. The van der Waals surface area contributed by atoms with Gasteiger partial charge < -0.3 is 18.9 Å². The zero-order valence-corrected chi connectivity index (χ0v) is 27.3. The number of hydrogen-bond donors (Lipinski definition) is 0. The van der Waals surface area contributed by atoms with Gasteiger partial charge in [-0.3, -0.25) is 0 Å². The second-order valence-corrected chi connectivity index (χ2v) is 13.0. The average molecular weight is 627 g/mol. The van der Waals surface area contributed by atoms with Crippen LogP contribution in [0.2, 0.25) is 0 Å². The molecule has 0 N–H and O–H groups in total. The van der Waals surface area contributed by atoms with E-state index in [0.717, 1.165) is 36.3 Å². The Bertz CT molecular complexity index is 1650. The molecule has 0 amide bonds. The van der Waals surface area contributed by atoms with Gasteiger partial charge in [-0.1, -0.05) is 44.7 Å². The number of ether oxygens (including phenoxy) is 4. The number of unbranched alkanes of at least 4 members (excludes halogenated alkanes) is 2. The lowest BCUT2D eigenvalue weighted by Crippen LogP contribution is -2.18. The molecule has 0 aromatic heterocycles. The summed E-state index contributed by atoms with van der Waals surface area (Å²) in [6.45, 7) is 11.4. The van der Waals surface area contributed by atoms with Crippen LogP contribution in [0, 0.1) is 0 Å². The number of sulfone groups is 1. The number of hydrogen-bond acceptors (Lipinski definition) is 6. The summed E-state index contributed by atoms with van der Waals surface area (Å²) in [4.78, 5) is 0.403. The van der Waals surface area contributed by atoms with Crippen molar-refractivity contribution in [2.45, 2.75) is 55.2 Å². The van der Waals surface area contributed by atoms with Gasteiger partial charge in [-0.2, -0.15) is 0 Å². The SMILES string of the molecule is C=CC(=CC)OCCCCCOc1ccc(C(C)(C)c2ccc(Oc3ccc(S(=O)(=O)c4ccc(OC)cc4)cc3)cc2)cc1. The molecule has 0 aliphatic rings. The Balaban J connectivity index is 1.29. The number of benzene rings is 4. The average Bonchev–Trinajstić information content (AvgIpc) is 3.07. The second kappa shape index (κ2) is 15.5. The van der Waals surface area contributed by atoms with Crippen molar-refractivity contribution in [2.24, 2.45) is 0 Å². The molecule has 0 atom stereocenters. The van der Waals surface area contributed by atoms with E-state index in [9.17, 15) is 8.42 Å². The molecule has 0 radical (unpaired) electrons. The first-order valence-electron chi connectivity index (χ1n) is 15.1. The minimum atomic E-state index is -3.65. The third kappa shape index (κ3) is 8.79. The minimum absolute atomic E-state index is 0.196. The van der Waals surface area contributed by atoms with Crippen LogP contribution in [0.25, 0.3) is 0 Å². The van der Waals surface area contributed by atoms with Crippen LogP contribution in [-0.4, -0.2) is 28.7 Å². The van der Waals surface area contributed by atoms with E-state index < -0.39 is 9.84 Å². The Morgan fingerprint density at radius 2 is 1.16 bits per heavy atom. The molecule has 0 fully saturated rings. The molecule has 7 heteroatoms. The molecular formula is C38H42O6S. The molecule has 4 aromatic carbocycles. The summed E-state index contributed by atoms with van der Waals surface area (Å²) in [5.74, 6) is 3.50. The van der Waals surface area contributed by atoms with Crippen LogP contribution in [0.3, 0.4) is 0 Å². The summed E-state index contributed by atoms with van der Waals surface area (Å²) in [7, 11) is -2.10. The van der Waals surface area contributed by atoms with Crippen LogP contribution in [0.4, 0.5) is 0 Å². The first-order valence-corrected chi connectivity index (χ1v) is 16.6. The van der Waals surface area contributed by atoms with Gasteiger partial charge in [-0.15, -0.1) is 0 Å². The van der Waals surface area contributed by atoms with Gasteiger partial charge in [0.15, 0.2) is 0 Å². The lowest BCUT2D eigenvalue weighted by molar-refractivity contribution is 0.212. The summed E-state index contributed by atoms with van der Waals surface area (Å²) in [6.07, 6.45) is 6.63. The third-order valence-corrected chi connectivity index (χ3v) is 9.49. The van der Waals surface area contributed by atoms with Crippen LogP contribution < -0.4 is 14.2 Å². The van der Waals surface area contributed by atoms with E-state index in [4.69, 9.17) is 18.9 Å². The fraction of sp³-hybridized carbons (Fsp3) is 0.263. The molecule has 45 heavy (non-hydrogen) atoms. The van der Waals surface area contributed by atoms with Crippen molar-refractivity contribution in [3.05, 3.63) is 133 Å². The van der Waals surface area contributed by atoms with E-state index in [1.807, 2.05) is 37.3 Å². The zero-order valence-electron chi connectivity index (χ0n) is 26.5. The minimum Gasteiger partial charge on any atom is -0.497 e. The maximum atomic E-state index is 13.0. The van der Waals surface area contributed by atoms with Crippen LogP contribution in [0.15, 0.2) is 131 Å². The lowest BCUT2D eigenvalue weighted by Gasteiger charge is -2.26. The quantitative estimate of drug-likeness (QED) is 0.0701. The van der Waals surface area contributed by atoms with Crippen LogP contribution >= 0.6 is 0 Å². The van der Waals surface area contributed by atoms with E-state index in [1.54, 1.807) is 49.6 Å². The molecule has 0 heterocycles. The highest BCUT2D eigenvalue weighted by Gasteiger charge is 2.23. The van der Waals surface area contributed by atoms with Gasteiger partial charge in [-0.25, -0.2) is 8.42 Å². The van der Waals surface area contributed by atoms with Crippen LogP contribution in [0.5, 0.6) is 23.0 Å². The van der Waals surface area contributed by atoms with Crippen LogP contribution in [0.1, 0.15) is 51.2 Å². The van der Waals surface area contributed by atoms with E-state index in [1.165, 1.54) is 17.7 Å². The van der Waals surface area contributed by atoms with Crippen molar-refractivity contribution in [3.8, 4) is 23.0 Å². The zero-order chi connectivity index (χ0) is 32.3. The van der Waals surface area contributed by atoms with Crippen molar-refractivity contribution in [3.63, 3.8) is 0 Å². The van der Waals surface area contributed by atoms with Crippen molar-refractivity contribution in [2.75, 3.05) is 20.3 Å². The summed E-state index contributed by atoms with van der Waals surface area (Å²) in [5, 5.41) is 0. The molecule has 4 aromatic rings. The highest BCUT2D eigenvalue weighted by molar-refractivity contribution is 7.91. The standard InChI is InChI=1S/C38H42O6S/c1-6-31(7-2)42-27-9-8-10-28-43-33-15-11-29(12-16-33)38(3,4)30-13-17-34(18-14-30)44-35-21-25-37(26-22-35)45(39,40)36-23-19-32(41-5)20-24-36/h6-7,11-26H,1,8-10,27-28H2,2-5H3. The molecule has 0 saturated carbocycles. The fourth-order valence-electron chi connectivity index (χ4n) is 4.81. The summed E-state index contributed by atoms with van der Waals surface area (Å²) >= 11 is 0. The molecule has 236 valence electrons. The highest BCUT2D eigenvalue weighted by atomic mass is 32.2. The molecule has 6 nitrogen and oxygen atoms in total. The van der Waals surface area contributed by atoms with Crippen molar-refractivity contribution < 1.29 is 27.4 Å². The fourth-order valence-corrected chi connectivity index (χ4v) is 6.07. The molecule has 0 spiro atoms. The van der Waals surface area contributed by atoms with E-state index in [2.05, 4.69) is 44.7 Å². The molecule has 4 rings (SSSR count). The van der Waals surface area contributed by atoms with Crippen LogP contribution in [-0.2, 0) is 20.0 Å². The van der Waals surface area contributed by atoms with Crippen molar-refractivity contribution in [1.29, 1.82) is 0 Å². The van der Waals surface area contributed by atoms with Crippen molar-refractivity contribution >= 4 is 9.84 Å². The highest BCUT2D eigenvalue weighted by Crippen LogP contribution is 2.34. The van der Waals surface area contributed by atoms with Crippen molar-refractivity contribution in [1.82, 2.24) is 0 Å².